The Morgan fingerprint density at radius 1 is 0.385 bits per heavy atom. The maximum Gasteiger partial charge on any atom is 3.00 e. The molecule has 0 aliphatic carbocycles. The molecule has 26 heavy (non-hydrogen) atoms. The zero-order chi connectivity index (χ0) is 17.9. The van der Waals surface area contributed by atoms with Crippen LogP contribution < -0.4 is 85.7 Å². The zero-order valence-electron chi connectivity index (χ0n) is 15.2. The van der Waals surface area contributed by atoms with Crippen LogP contribution in [-0.4, -0.2) is 127 Å². The van der Waals surface area contributed by atoms with E-state index >= 15 is 0 Å². The van der Waals surface area contributed by atoms with E-state index in [0.717, 1.165) is 0 Å². The van der Waals surface area contributed by atoms with Crippen molar-refractivity contribution in [3.05, 3.63) is 0 Å². The number of hydrogen-bond donors (Lipinski definition) is 0. The van der Waals surface area contributed by atoms with Crippen LogP contribution in [0.25, 0.3) is 0 Å². The van der Waals surface area contributed by atoms with Crippen LogP contribution >= 0.6 is 0 Å². The summed E-state index contributed by atoms with van der Waals surface area (Å²) in [6.07, 6.45) is 0. The second-order valence-electron chi connectivity index (χ2n) is 1.25. The third-order valence-corrected chi connectivity index (χ3v) is 0. The average molecular weight is 499 g/mol. The Bertz CT molecular complexity index is 241. The predicted molar refractivity (Wildman–Crippen MR) is 57.4 cm³/mol. The molecule has 0 unspecified atom stereocenters. The van der Waals surface area contributed by atoms with Gasteiger partial charge in [-0.3, -0.25) is 0 Å². The topological polar surface area (TPSA) is 316 Å². The van der Waals surface area contributed by atoms with E-state index in [1.165, 1.54) is 0 Å². The SMILES string of the molecule is O=[Si]([O-])[O-].O=[Si]([O-])[O-].O=[Si]([O-])[O-].O=[Si]([O-])[O-].O=[Si]([O-])[O-].[Al+3].[Al+3].[H-].[H-].[Li+].[Li+].[Mg+2].[Mg+2]. The smallest absolute Gasteiger partial charge is 1.00 e. The molecule has 0 aromatic carbocycles. The fraction of sp³-hybridized carbons (Fsp3) is 0. The van der Waals surface area contributed by atoms with Gasteiger partial charge in [-0.25, -0.2) is 0 Å². The predicted octanol–water partition coefficient (Wildman–Crippen LogP) is -21.7. The van der Waals surface area contributed by atoms with Crippen molar-refractivity contribution in [2.24, 2.45) is 0 Å². The summed E-state index contributed by atoms with van der Waals surface area (Å²) in [7, 11) is -18.1. The van der Waals surface area contributed by atoms with Crippen LogP contribution in [0.2, 0.25) is 0 Å². The van der Waals surface area contributed by atoms with Crippen molar-refractivity contribution < 1.29 is 111 Å². The van der Waals surface area contributed by atoms with Crippen LogP contribution in [0.4, 0.5) is 0 Å². The van der Waals surface area contributed by atoms with E-state index in [0.29, 0.717) is 0 Å². The zero-order valence-corrected chi connectivity index (χ0v) is 23.3. The first kappa shape index (κ1) is 70.7. The van der Waals surface area contributed by atoms with Crippen molar-refractivity contribution >= 4 is 127 Å². The van der Waals surface area contributed by atoms with Crippen molar-refractivity contribution in [1.82, 2.24) is 0 Å². The van der Waals surface area contributed by atoms with Crippen LogP contribution in [0.5, 0.6) is 0 Å². The van der Waals surface area contributed by atoms with Gasteiger partial charge in [-0.05, 0) is 0 Å². The molecule has 0 aromatic rings. The third-order valence-electron chi connectivity index (χ3n) is 0. The van der Waals surface area contributed by atoms with Gasteiger partial charge in [0.15, 0.2) is 0 Å². The minimum absolute atomic E-state index is 0. The normalized spacial score (nSPS) is 4.62. The molecule has 0 N–H and O–H groups in total. The first-order valence-electron chi connectivity index (χ1n) is 3.06. The van der Waals surface area contributed by atoms with Gasteiger partial charge in [-0.2, -0.15) is 0 Å². The molecular formula is H2Al2Li2Mg2O15Si5. The fourth-order valence-electron chi connectivity index (χ4n) is 0. The number of rotatable bonds is 0. The van der Waals surface area contributed by atoms with Crippen molar-refractivity contribution in [3.8, 4) is 0 Å². The van der Waals surface area contributed by atoms with Crippen molar-refractivity contribution in [2.45, 2.75) is 0 Å². The van der Waals surface area contributed by atoms with Gasteiger partial charge in [0.2, 0.25) is 0 Å². The molecule has 0 heterocycles. The molecule has 0 bridgehead atoms. The van der Waals surface area contributed by atoms with Gasteiger partial charge in [0.25, 0.3) is 0 Å². The van der Waals surface area contributed by atoms with Crippen LogP contribution in [0.1, 0.15) is 2.85 Å². The molecule has 0 atom stereocenters. The fourth-order valence-corrected chi connectivity index (χ4v) is 0. The summed E-state index contributed by atoms with van der Waals surface area (Å²) in [6, 6.07) is 0. The molecule has 15 nitrogen and oxygen atoms in total. The molecule has 124 valence electrons. The minimum Gasteiger partial charge on any atom is -1.00 e. The molecule has 0 aromatic heterocycles. The summed E-state index contributed by atoms with van der Waals surface area (Å²) in [6.45, 7) is 0. The summed E-state index contributed by atoms with van der Waals surface area (Å²) in [5.74, 6) is 0. The van der Waals surface area contributed by atoms with Gasteiger partial charge < -0.3 is 73.1 Å². The van der Waals surface area contributed by atoms with E-state index in [9.17, 15) is 0 Å². The van der Waals surface area contributed by atoms with E-state index in [2.05, 4.69) is 0 Å². The van der Waals surface area contributed by atoms with Gasteiger partial charge in [0, 0.05) is 45.9 Å². The van der Waals surface area contributed by atoms with Gasteiger partial charge in [-0.1, -0.05) is 0 Å². The summed E-state index contributed by atoms with van der Waals surface area (Å²) >= 11 is 0. The van der Waals surface area contributed by atoms with E-state index in [1.54, 1.807) is 0 Å². The maximum atomic E-state index is 8.52. The second-order valence-corrected chi connectivity index (χ2v) is 3.75. The molecular weight excluding hydrogens is 497 g/mol. The molecule has 0 saturated carbocycles. The maximum absolute atomic E-state index is 8.52. The molecule has 0 saturated heterocycles. The Hall–Kier alpha value is 1.88. The summed E-state index contributed by atoms with van der Waals surface area (Å²) < 4.78 is 42.6. The van der Waals surface area contributed by atoms with Crippen LogP contribution in [0.15, 0.2) is 0 Å². The van der Waals surface area contributed by atoms with Crippen molar-refractivity contribution in [2.75, 3.05) is 0 Å². The van der Waals surface area contributed by atoms with E-state index in [1.807, 2.05) is 0 Å². The minimum atomic E-state index is -3.63. The first-order chi connectivity index (χ1) is 8.66. The Morgan fingerprint density at radius 2 is 0.385 bits per heavy atom. The standard InChI is InChI=1S/2Al.2Li.2Mg.5O3Si.2H/c;;;;;;5*1-4(2)3;;/q2*+3;2*+1;2*+2;5*-2;2*-1. The summed E-state index contributed by atoms with van der Waals surface area (Å²) in [5, 5.41) is 0. The first-order valence-corrected chi connectivity index (χ1v) is 9.19. The van der Waals surface area contributed by atoms with Crippen LogP contribution in [0.3, 0.4) is 0 Å². The molecule has 0 spiro atoms. The van der Waals surface area contributed by atoms with Crippen molar-refractivity contribution in [3.63, 3.8) is 0 Å². The third kappa shape index (κ3) is 4550. The quantitative estimate of drug-likeness (QED) is 0.279. The van der Waals surface area contributed by atoms with Gasteiger partial charge in [0.05, 0.1) is 0 Å². The Kier molecular flexibility index (Phi) is 172. The average Bonchev–Trinajstić information content (AvgIpc) is 1.94. The molecule has 26 heteroatoms. The van der Waals surface area contributed by atoms with E-state index in [-0.39, 0.29) is 121 Å². The van der Waals surface area contributed by atoms with Gasteiger partial charge >= 0.3 is 119 Å². The Labute approximate surface area is 234 Å². The molecule has 0 rings (SSSR count). The van der Waals surface area contributed by atoms with Crippen LogP contribution in [0, 0.1) is 0 Å². The largest absolute Gasteiger partial charge is 3.00 e. The molecule has 0 radical (unpaired) electrons. The van der Waals surface area contributed by atoms with Gasteiger partial charge in [0.1, 0.15) is 0 Å². The molecule has 0 aliphatic heterocycles. The van der Waals surface area contributed by atoms with Crippen molar-refractivity contribution in [1.29, 1.82) is 0 Å². The number of hydrogen-bond acceptors (Lipinski definition) is 15. The van der Waals surface area contributed by atoms with Gasteiger partial charge in [-0.15, -0.1) is 0 Å². The molecule has 0 aliphatic rings. The van der Waals surface area contributed by atoms with E-state index < -0.39 is 45.9 Å². The second kappa shape index (κ2) is 63.2. The Morgan fingerprint density at radius 3 is 0.385 bits per heavy atom. The summed E-state index contributed by atoms with van der Waals surface area (Å²) in [4.78, 5) is 85.2. The molecule has 0 amide bonds. The Balaban J connectivity index is -0.00000000852. The summed E-state index contributed by atoms with van der Waals surface area (Å²) in [5.41, 5.74) is 0. The van der Waals surface area contributed by atoms with Crippen LogP contribution in [-0.2, 0) is 22.3 Å². The molecule has 0 fully saturated rings. The van der Waals surface area contributed by atoms with E-state index in [4.69, 9.17) is 70.3 Å². The monoisotopic (exact) mass is 498 g/mol.